The number of carbonyl (C=O) groups excluding carboxylic acids is 2. The molecule has 2 aromatic carbocycles. The summed E-state index contributed by atoms with van der Waals surface area (Å²) in [5, 5.41) is 2.46. The summed E-state index contributed by atoms with van der Waals surface area (Å²) in [6, 6.07) is 12.9. The molecule has 1 atom stereocenters. The fraction of sp³-hybridized carbons (Fsp3) is 0.419. The Kier molecular flexibility index (Phi) is 8.59. The number of fused-ring (bicyclic) bond motifs is 4. The molecule has 3 aromatic rings. The van der Waals surface area contributed by atoms with Crippen LogP contribution in [0.2, 0.25) is 0 Å². The summed E-state index contributed by atoms with van der Waals surface area (Å²) >= 11 is 0. The van der Waals surface area contributed by atoms with Gasteiger partial charge in [0.05, 0.1) is 16.6 Å². The van der Waals surface area contributed by atoms with Crippen LogP contribution in [0.5, 0.6) is 5.88 Å². The maximum Gasteiger partial charge on any atom is 0.407 e. The standard InChI is InChI=1S/C31H37N5O6S/c1-18(2)12-23-17-41-27-16-26(28-19(3)8-6-9-20(28)4)33-30(34-27)35-43(39,40)25-11-7-10-21(13-25)29(37)36(23)22-14-24(15-22)42-31(38)32-5/h6-11,13,16,18,22-24H,12,14-15,17H2,1-5H3,(H,32,38)(H,33,34,35)/t22-,23-,24+/m1/s1. The molecule has 228 valence electrons. The van der Waals surface area contributed by atoms with Crippen molar-refractivity contribution in [2.24, 2.45) is 5.92 Å². The molecule has 2 heterocycles. The van der Waals surface area contributed by atoms with Crippen LogP contribution < -0.4 is 14.8 Å². The molecule has 1 aromatic heterocycles. The van der Waals surface area contributed by atoms with E-state index in [2.05, 4.69) is 33.9 Å². The molecule has 11 nitrogen and oxygen atoms in total. The molecule has 0 saturated heterocycles. The second-order valence-corrected chi connectivity index (χ2v) is 13.2. The minimum Gasteiger partial charge on any atom is -0.475 e. The molecule has 12 heteroatoms. The lowest BCUT2D eigenvalue weighted by Gasteiger charge is -2.46. The van der Waals surface area contributed by atoms with Gasteiger partial charge < -0.3 is 19.7 Å². The second kappa shape index (κ2) is 12.2. The van der Waals surface area contributed by atoms with Gasteiger partial charge in [0.25, 0.3) is 15.9 Å². The van der Waals surface area contributed by atoms with E-state index in [1.54, 1.807) is 23.1 Å². The van der Waals surface area contributed by atoms with E-state index >= 15 is 0 Å². The molecule has 43 heavy (non-hydrogen) atoms. The summed E-state index contributed by atoms with van der Waals surface area (Å²) in [4.78, 5) is 36.6. The SMILES string of the molecule is CNC(=O)O[C@H]1C[C@@H](N2C(=O)c3cccc(c3)S(=O)(=O)Nc3nc(cc(-c4c(C)cccc4C)n3)OC[C@H]2CC(C)C)C1. The summed E-state index contributed by atoms with van der Waals surface area (Å²) in [6.45, 7) is 8.19. The second-order valence-electron chi connectivity index (χ2n) is 11.5. The van der Waals surface area contributed by atoms with Crippen LogP contribution in [0.4, 0.5) is 10.7 Å². The highest BCUT2D eigenvalue weighted by atomic mass is 32.2. The zero-order valence-corrected chi connectivity index (χ0v) is 25.8. The summed E-state index contributed by atoms with van der Waals surface area (Å²) < 4.78 is 41.2. The van der Waals surface area contributed by atoms with Crippen LogP contribution in [0, 0.1) is 19.8 Å². The molecule has 1 aliphatic heterocycles. The monoisotopic (exact) mass is 607 g/mol. The van der Waals surface area contributed by atoms with Crippen LogP contribution in [0.3, 0.4) is 0 Å². The molecule has 0 spiro atoms. The van der Waals surface area contributed by atoms with E-state index in [0.717, 1.165) is 16.7 Å². The van der Waals surface area contributed by atoms with Gasteiger partial charge in [-0.3, -0.25) is 4.79 Å². The van der Waals surface area contributed by atoms with Crippen LogP contribution in [-0.2, 0) is 14.8 Å². The number of alkyl carbamates (subject to hydrolysis) is 1. The first-order chi connectivity index (χ1) is 20.4. The minimum atomic E-state index is -4.15. The third-order valence-electron chi connectivity index (χ3n) is 7.79. The highest BCUT2D eigenvalue weighted by Crippen LogP contribution is 2.34. The number of benzene rings is 2. The lowest BCUT2D eigenvalue weighted by molar-refractivity contribution is -0.0267. The van der Waals surface area contributed by atoms with E-state index in [-0.39, 0.29) is 58.9 Å². The van der Waals surface area contributed by atoms with Gasteiger partial charge in [-0.25, -0.2) is 22.9 Å². The number of nitrogens with zero attached hydrogens (tertiary/aromatic N) is 3. The summed E-state index contributed by atoms with van der Waals surface area (Å²) in [5.41, 5.74) is 3.54. The number of hydrogen-bond donors (Lipinski definition) is 2. The molecule has 5 rings (SSSR count). The molecule has 2 N–H and O–H groups in total. The van der Waals surface area contributed by atoms with Gasteiger partial charge in [-0.2, -0.15) is 4.98 Å². The Morgan fingerprint density at radius 2 is 1.81 bits per heavy atom. The van der Waals surface area contributed by atoms with Crippen molar-refractivity contribution in [3.8, 4) is 17.1 Å². The highest BCUT2D eigenvalue weighted by molar-refractivity contribution is 7.92. The third-order valence-corrected chi connectivity index (χ3v) is 9.12. The number of ether oxygens (including phenoxy) is 2. The average molecular weight is 608 g/mol. The quantitative estimate of drug-likeness (QED) is 0.426. The number of sulfonamides is 1. The van der Waals surface area contributed by atoms with Crippen LogP contribution in [0.15, 0.2) is 53.4 Å². The molecule has 4 bridgehead atoms. The Balaban J connectivity index is 1.60. The van der Waals surface area contributed by atoms with Crippen molar-refractivity contribution >= 4 is 28.0 Å². The van der Waals surface area contributed by atoms with Gasteiger partial charge in [0.15, 0.2) is 0 Å². The molecule has 0 radical (unpaired) electrons. The van der Waals surface area contributed by atoms with Crippen molar-refractivity contribution in [1.29, 1.82) is 0 Å². The maximum absolute atomic E-state index is 14.1. The van der Waals surface area contributed by atoms with E-state index in [1.807, 2.05) is 32.0 Å². The molecule has 2 amide bonds. The lowest BCUT2D eigenvalue weighted by atomic mass is 9.85. The number of aromatic nitrogens is 2. The number of hydrogen-bond acceptors (Lipinski definition) is 8. The number of anilines is 1. The molecular weight excluding hydrogens is 570 g/mol. The fourth-order valence-corrected chi connectivity index (χ4v) is 6.69. The number of nitrogens with one attached hydrogen (secondary N) is 2. The van der Waals surface area contributed by atoms with Gasteiger partial charge in [-0.15, -0.1) is 0 Å². The summed E-state index contributed by atoms with van der Waals surface area (Å²) in [7, 11) is -2.66. The van der Waals surface area contributed by atoms with Crippen molar-refractivity contribution in [1.82, 2.24) is 20.2 Å². The van der Waals surface area contributed by atoms with Crippen LogP contribution in [0.1, 0.15) is 54.6 Å². The van der Waals surface area contributed by atoms with Gasteiger partial charge in [-0.1, -0.05) is 38.1 Å². The van der Waals surface area contributed by atoms with Crippen LogP contribution >= 0.6 is 0 Å². The number of aryl methyl sites for hydroxylation is 2. The number of carbonyl (C=O) groups is 2. The van der Waals surface area contributed by atoms with Crippen LogP contribution in [-0.4, -0.2) is 67.1 Å². The van der Waals surface area contributed by atoms with E-state index < -0.39 is 16.1 Å². The number of rotatable bonds is 5. The minimum absolute atomic E-state index is 0.0871. The van der Waals surface area contributed by atoms with Gasteiger partial charge >= 0.3 is 6.09 Å². The van der Waals surface area contributed by atoms with Crippen molar-refractivity contribution in [2.45, 2.75) is 70.0 Å². The normalized spacial score (nSPS) is 21.3. The van der Waals surface area contributed by atoms with Gasteiger partial charge in [0, 0.05) is 43.1 Å². The Morgan fingerprint density at radius 3 is 2.49 bits per heavy atom. The first-order valence-corrected chi connectivity index (χ1v) is 15.9. The Hall–Kier alpha value is -4.19. The largest absolute Gasteiger partial charge is 0.475 e. The first-order valence-electron chi connectivity index (χ1n) is 14.4. The average Bonchev–Trinajstić information content (AvgIpc) is 2.93. The van der Waals surface area contributed by atoms with Crippen molar-refractivity contribution in [3.05, 3.63) is 65.2 Å². The first kappa shape index (κ1) is 30.3. The molecule has 2 aliphatic rings. The molecule has 0 unspecified atom stereocenters. The van der Waals surface area contributed by atoms with Gasteiger partial charge in [0.2, 0.25) is 11.8 Å². The molecular formula is C31H37N5O6S. The fourth-order valence-electron chi connectivity index (χ4n) is 5.70. The summed E-state index contributed by atoms with van der Waals surface area (Å²) in [5.74, 6) is -0.0384. The maximum atomic E-state index is 14.1. The summed E-state index contributed by atoms with van der Waals surface area (Å²) in [6.07, 6.45) is 0.694. The van der Waals surface area contributed by atoms with E-state index in [0.29, 0.717) is 25.0 Å². The van der Waals surface area contributed by atoms with Gasteiger partial charge in [-0.05, 0) is 55.5 Å². The Bertz CT molecular complexity index is 1620. The van der Waals surface area contributed by atoms with E-state index in [1.165, 1.54) is 19.2 Å². The smallest absolute Gasteiger partial charge is 0.407 e. The Morgan fingerprint density at radius 1 is 1.12 bits per heavy atom. The topological polar surface area (TPSA) is 140 Å². The highest BCUT2D eigenvalue weighted by Gasteiger charge is 2.42. The predicted octanol–water partition coefficient (Wildman–Crippen LogP) is 4.70. The Labute approximate surface area is 252 Å². The lowest BCUT2D eigenvalue weighted by Crippen LogP contribution is -2.57. The van der Waals surface area contributed by atoms with Crippen molar-refractivity contribution in [2.75, 3.05) is 18.4 Å². The third kappa shape index (κ3) is 6.58. The van der Waals surface area contributed by atoms with Crippen molar-refractivity contribution in [3.63, 3.8) is 0 Å². The molecule has 1 aliphatic carbocycles. The van der Waals surface area contributed by atoms with E-state index in [9.17, 15) is 18.0 Å². The van der Waals surface area contributed by atoms with E-state index in [4.69, 9.17) is 9.47 Å². The zero-order chi connectivity index (χ0) is 30.9. The van der Waals surface area contributed by atoms with Crippen LogP contribution in [0.25, 0.3) is 11.3 Å². The van der Waals surface area contributed by atoms with Gasteiger partial charge in [0.1, 0.15) is 12.7 Å². The molecule has 1 saturated carbocycles. The zero-order valence-electron chi connectivity index (χ0n) is 25.0. The molecule has 1 fully saturated rings. The number of amides is 2. The predicted molar refractivity (Wildman–Crippen MR) is 161 cm³/mol. The van der Waals surface area contributed by atoms with Crippen molar-refractivity contribution < 1.29 is 27.5 Å².